The molecule has 1 fully saturated rings. The number of hydrogen-bond donors (Lipinski definition) is 3. The van der Waals surface area contributed by atoms with Crippen LogP contribution < -0.4 is 10.6 Å². The summed E-state index contributed by atoms with van der Waals surface area (Å²) < 4.78 is 5.65. The van der Waals surface area contributed by atoms with Crippen molar-refractivity contribution < 1.29 is 24.2 Å². The third-order valence-electron chi connectivity index (χ3n) is 7.08. The van der Waals surface area contributed by atoms with Crippen LogP contribution in [0.15, 0.2) is 48.5 Å². The van der Waals surface area contributed by atoms with Crippen LogP contribution in [0, 0.1) is 11.3 Å². The molecule has 0 bridgehead atoms. The van der Waals surface area contributed by atoms with Crippen molar-refractivity contribution in [3.8, 4) is 11.1 Å². The number of carbonyl (C=O) groups is 3. The van der Waals surface area contributed by atoms with E-state index in [0.29, 0.717) is 6.42 Å². The maximum Gasteiger partial charge on any atom is 0.407 e. The molecule has 0 radical (unpaired) electrons. The molecule has 4 rings (SSSR count). The van der Waals surface area contributed by atoms with Gasteiger partial charge in [0.05, 0.1) is 0 Å². The molecule has 2 aromatic carbocycles. The minimum Gasteiger partial charge on any atom is -0.481 e. The number of hydrogen-bond acceptors (Lipinski definition) is 4. The van der Waals surface area contributed by atoms with Gasteiger partial charge in [0, 0.05) is 18.4 Å². The number of carboxylic acid groups (broad SMARTS) is 1. The zero-order valence-electron chi connectivity index (χ0n) is 20.5. The van der Waals surface area contributed by atoms with Gasteiger partial charge in [-0.05, 0) is 52.8 Å². The van der Waals surface area contributed by atoms with Crippen molar-refractivity contribution in [3.63, 3.8) is 0 Å². The van der Waals surface area contributed by atoms with Crippen LogP contribution in [0.5, 0.6) is 0 Å². The quantitative estimate of drug-likeness (QED) is 0.535. The molecule has 186 valence electrons. The van der Waals surface area contributed by atoms with E-state index in [1.807, 2.05) is 45.0 Å². The lowest BCUT2D eigenvalue weighted by atomic mass is 9.86. The molecule has 2 aliphatic rings. The summed E-state index contributed by atoms with van der Waals surface area (Å²) in [5.41, 5.74) is 4.03. The first-order valence-corrected chi connectivity index (χ1v) is 12.3. The van der Waals surface area contributed by atoms with Gasteiger partial charge in [-0.15, -0.1) is 0 Å². The Morgan fingerprint density at radius 1 is 1.00 bits per heavy atom. The third kappa shape index (κ3) is 5.66. The summed E-state index contributed by atoms with van der Waals surface area (Å²) in [6.45, 7) is 5.85. The number of ether oxygens (including phenoxy) is 1. The van der Waals surface area contributed by atoms with E-state index >= 15 is 0 Å². The summed E-state index contributed by atoms with van der Waals surface area (Å²) in [6.07, 6.45) is 1.65. The second-order valence-corrected chi connectivity index (χ2v) is 10.8. The average Bonchev–Trinajstić information content (AvgIpc) is 3.36. The number of alkyl carbamates (subject to hydrolysis) is 1. The van der Waals surface area contributed by atoms with Gasteiger partial charge in [0.25, 0.3) is 0 Å². The van der Waals surface area contributed by atoms with Crippen LogP contribution in [0.25, 0.3) is 11.1 Å². The molecule has 2 aliphatic carbocycles. The Hall–Kier alpha value is -3.35. The summed E-state index contributed by atoms with van der Waals surface area (Å²) >= 11 is 0. The van der Waals surface area contributed by atoms with Crippen molar-refractivity contribution in [3.05, 3.63) is 59.7 Å². The van der Waals surface area contributed by atoms with Gasteiger partial charge >= 0.3 is 12.1 Å². The second-order valence-electron chi connectivity index (χ2n) is 10.8. The molecule has 0 aliphatic heterocycles. The van der Waals surface area contributed by atoms with Crippen LogP contribution in [0.1, 0.15) is 63.5 Å². The Bertz CT molecular complexity index is 1060. The third-order valence-corrected chi connectivity index (χ3v) is 7.08. The summed E-state index contributed by atoms with van der Waals surface area (Å²) in [7, 11) is 0. The van der Waals surface area contributed by atoms with Crippen LogP contribution >= 0.6 is 0 Å². The Labute approximate surface area is 206 Å². The lowest BCUT2D eigenvalue weighted by Gasteiger charge is -2.31. The van der Waals surface area contributed by atoms with Gasteiger partial charge in [0.2, 0.25) is 5.91 Å². The van der Waals surface area contributed by atoms with Gasteiger partial charge in [0.15, 0.2) is 0 Å². The van der Waals surface area contributed by atoms with Gasteiger partial charge in [0.1, 0.15) is 12.6 Å². The number of benzene rings is 2. The average molecular weight is 479 g/mol. The fourth-order valence-corrected chi connectivity index (χ4v) is 5.36. The maximum atomic E-state index is 13.1. The molecule has 3 atom stereocenters. The van der Waals surface area contributed by atoms with E-state index in [1.54, 1.807) is 0 Å². The molecule has 7 nitrogen and oxygen atoms in total. The highest BCUT2D eigenvalue weighted by Gasteiger charge is 2.36. The maximum absolute atomic E-state index is 13.1. The number of aliphatic carboxylic acids is 1. The molecule has 0 heterocycles. The highest BCUT2D eigenvalue weighted by Crippen LogP contribution is 2.44. The van der Waals surface area contributed by atoms with Crippen molar-refractivity contribution in [2.45, 2.75) is 64.5 Å². The van der Waals surface area contributed by atoms with E-state index in [0.717, 1.165) is 35.1 Å². The van der Waals surface area contributed by atoms with E-state index in [2.05, 4.69) is 34.9 Å². The predicted molar refractivity (Wildman–Crippen MR) is 133 cm³/mol. The van der Waals surface area contributed by atoms with E-state index in [1.165, 1.54) is 0 Å². The second kappa shape index (κ2) is 10.1. The summed E-state index contributed by atoms with van der Waals surface area (Å²) in [4.78, 5) is 36.9. The molecule has 1 saturated carbocycles. The largest absolute Gasteiger partial charge is 0.481 e. The molecule has 2 amide bonds. The lowest BCUT2D eigenvalue weighted by molar-refractivity contribution is -0.138. The first-order valence-electron chi connectivity index (χ1n) is 12.3. The van der Waals surface area contributed by atoms with Gasteiger partial charge in [-0.25, -0.2) is 4.79 Å². The molecule has 35 heavy (non-hydrogen) atoms. The van der Waals surface area contributed by atoms with Crippen LogP contribution in [0.2, 0.25) is 0 Å². The van der Waals surface area contributed by atoms with Crippen LogP contribution in [-0.4, -0.2) is 41.8 Å². The molecule has 2 unspecified atom stereocenters. The fraction of sp³-hybridized carbons (Fsp3) is 0.464. The Kier molecular flexibility index (Phi) is 7.15. The Morgan fingerprint density at radius 2 is 1.60 bits per heavy atom. The smallest absolute Gasteiger partial charge is 0.407 e. The monoisotopic (exact) mass is 478 g/mol. The predicted octanol–water partition coefficient (Wildman–Crippen LogP) is 4.70. The van der Waals surface area contributed by atoms with E-state index in [4.69, 9.17) is 9.84 Å². The molecule has 0 aromatic heterocycles. The van der Waals surface area contributed by atoms with Crippen molar-refractivity contribution in [2.24, 2.45) is 11.3 Å². The van der Waals surface area contributed by atoms with E-state index in [9.17, 15) is 14.4 Å². The van der Waals surface area contributed by atoms with Crippen LogP contribution in [0.3, 0.4) is 0 Å². The van der Waals surface area contributed by atoms with Gasteiger partial charge in [-0.2, -0.15) is 0 Å². The molecular formula is C28H34N2O5. The molecule has 2 aromatic rings. The lowest BCUT2D eigenvalue weighted by Crippen LogP contribution is -2.55. The summed E-state index contributed by atoms with van der Waals surface area (Å²) in [5.74, 6) is -1.07. The number of carboxylic acids is 1. The molecule has 0 saturated heterocycles. The number of fused-ring (bicyclic) bond motifs is 3. The normalized spacial score (nSPS) is 20.0. The van der Waals surface area contributed by atoms with E-state index < -0.39 is 23.5 Å². The van der Waals surface area contributed by atoms with E-state index in [-0.39, 0.29) is 36.8 Å². The van der Waals surface area contributed by atoms with Crippen molar-refractivity contribution >= 4 is 18.0 Å². The fourth-order valence-electron chi connectivity index (χ4n) is 5.36. The summed E-state index contributed by atoms with van der Waals surface area (Å²) in [6, 6.07) is 15.4. The molecular weight excluding hydrogens is 444 g/mol. The standard InChI is InChI=1S/C28H34N2O5/c1-28(2,3)25(26(33)29-18-13-12-17(14-18)15-24(31)32)30-27(34)35-16-23-21-10-6-4-8-19(21)20-9-5-7-11-22(20)23/h4-11,17-18,23,25H,12-16H2,1-3H3,(H,29,33)(H,30,34)(H,31,32)/t17?,18?,25-/m0/s1. The molecule has 7 heteroatoms. The van der Waals surface area contributed by atoms with Gasteiger partial charge < -0.3 is 20.5 Å². The van der Waals surface area contributed by atoms with Crippen LogP contribution in [-0.2, 0) is 14.3 Å². The zero-order valence-corrected chi connectivity index (χ0v) is 20.5. The SMILES string of the molecule is CC(C)(C)[C@@H](NC(=O)OCC1c2ccccc2-c2ccccc21)C(=O)NC1CCC(CC(=O)O)C1. The van der Waals surface area contributed by atoms with Gasteiger partial charge in [-0.3, -0.25) is 9.59 Å². The highest BCUT2D eigenvalue weighted by atomic mass is 16.5. The number of nitrogens with one attached hydrogen (secondary N) is 2. The first-order chi connectivity index (χ1) is 16.6. The van der Waals surface area contributed by atoms with Crippen molar-refractivity contribution in [1.29, 1.82) is 0 Å². The Morgan fingerprint density at radius 3 is 2.17 bits per heavy atom. The number of rotatable bonds is 7. The summed E-state index contributed by atoms with van der Waals surface area (Å²) in [5, 5.41) is 14.8. The van der Waals surface area contributed by atoms with Gasteiger partial charge in [-0.1, -0.05) is 69.3 Å². The topological polar surface area (TPSA) is 105 Å². The molecule has 3 N–H and O–H groups in total. The zero-order chi connectivity index (χ0) is 25.2. The number of amides is 2. The minimum absolute atomic E-state index is 0.0558. The molecule has 0 spiro atoms. The first kappa shape index (κ1) is 24.8. The van der Waals surface area contributed by atoms with Crippen LogP contribution in [0.4, 0.5) is 4.79 Å². The minimum atomic E-state index is -0.813. The van der Waals surface area contributed by atoms with Crippen molar-refractivity contribution in [2.75, 3.05) is 6.61 Å². The number of carbonyl (C=O) groups excluding carboxylic acids is 2. The highest BCUT2D eigenvalue weighted by molar-refractivity contribution is 5.86. The Balaban J connectivity index is 1.37. The van der Waals surface area contributed by atoms with Crippen molar-refractivity contribution in [1.82, 2.24) is 10.6 Å².